The number of hydrogen-bond donors (Lipinski definition) is 1. The number of nitrogens with zero attached hydrogens (tertiary/aromatic N) is 1. The molecular formula is C15H14N2O3. The van der Waals surface area contributed by atoms with E-state index >= 15 is 0 Å². The van der Waals surface area contributed by atoms with Crippen LogP contribution in [0.3, 0.4) is 0 Å². The number of fused-ring (bicyclic) bond motifs is 1. The molecule has 0 bridgehead atoms. The number of methoxy groups -OCH3 is 1. The van der Waals surface area contributed by atoms with Gasteiger partial charge in [-0.3, -0.25) is 0 Å². The van der Waals surface area contributed by atoms with Crippen LogP contribution in [0.5, 0.6) is 5.75 Å². The number of hydrogen-bond acceptors (Lipinski definition) is 5. The molecule has 5 nitrogen and oxygen atoms in total. The van der Waals surface area contributed by atoms with Crippen LogP contribution in [0.4, 0.5) is 5.82 Å². The van der Waals surface area contributed by atoms with Crippen molar-refractivity contribution in [1.29, 1.82) is 0 Å². The maximum atomic E-state index is 11.7. The van der Waals surface area contributed by atoms with Crippen LogP contribution in [0.25, 0.3) is 0 Å². The van der Waals surface area contributed by atoms with Gasteiger partial charge in [0.2, 0.25) is 0 Å². The Bertz CT molecular complexity index is 643. The Balaban J connectivity index is 1.88. The Morgan fingerprint density at radius 2 is 2.20 bits per heavy atom. The monoisotopic (exact) mass is 270 g/mol. The number of ether oxygens (including phenoxy) is 2. The van der Waals surface area contributed by atoms with Gasteiger partial charge < -0.3 is 14.8 Å². The topological polar surface area (TPSA) is 60.5 Å². The van der Waals surface area contributed by atoms with Crippen molar-refractivity contribution < 1.29 is 14.3 Å². The summed E-state index contributed by atoms with van der Waals surface area (Å²) in [7, 11) is 1.35. The molecule has 1 aliphatic rings. The summed E-state index contributed by atoms with van der Waals surface area (Å²) in [6.45, 7) is 0.510. The molecule has 3 rings (SSSR count). The first kappa shape index (κ1) is 12.5. The highest BCUT2D eigenvalue weighted by Gasteiger charge is 2.25. The molecule has 1 aromatic heterocycles. The van der Waals surface area contributed by atoms with Gasteiger partial charge in [-0.05, 0) is 18.2 Å². The number of carbonyl (C=O) groups is 1. The minimum atomic E-state index is -0.409. The lowest BCUT2D eigenvalue weighted by Crippen LogP contribution is -2.16. The van der Waals surface area contributed by atoms with E-state index in [0.29, 0.717) is 18.0 Å². The summed E-state index contributed by atoms with van der Waals surface area (Å²) in [6, 6.07) is 11.2. The van der Waals surface area contributed by atoms with Gasteiger partial charge in [-0.25, -0.2) is 9.78 Å². The summed E-state index contributed by atoms with van der Waals surface area (Å²) in [6.07, 6.45) is 1.64. The summed E-state index contributed by atoms with van der Waals surface area (Å²) < 4.78 is 10.4. The summed E-state index contributed by atoms with van der Waals surface area (Å²) in [5, 5.41) is 3.24. The molecule has 1 aromatic carbocycles. The molecule has 1 aliphatic heterocycles. The van der Waals surface area contributed by atoms with Gasteiger partial charge >= 0.3 is 5.97 Å². The Labute approximate surface area is 116 Å². The van der Waals surface area contributed by atoms with Crippen molar-refractivity contribution >= 4 is 11.8 Å². The van der Waals surface area contributed by atoms with E-state index in [4.69, 9.17) is 9.47 Å². The Morgan fingerprint density at radius 1 is 1.35 bits per heavy atom. The normalized spacial score (nSPS) is 16.1. The third-order valence-electron chi connectivity index (χ3n) is 3.22. The van der Waals surface area contributed by atoms with E-state index in [1.165, 1.54) is 7.11 Å². The van der Waals surface area contributed by atoms with Gasteiger partial charge in [-0.1, -0.05) is 18.2 Å². The van der Waals surface area contributed by atoms with Gasteiger partial charge in [0.1, 0.15) is 23.7 Å². The molecule has 20 heavy (non-hydrogen) atoms. The fourth-order valence-corrected chi connectivity index (χ4v) is 2.24. The van der Waals surface area contributed by atoms with E-state index in [1.54, 1.807) is 18.3 Å². The number of carbonyl (C=O) groups excluding carboxylic acids is 1. The molecule has 102 valence electrons. The summed E-state index contributed by atoms with van der Waals surface area (Å²) in [5.74, 6) is 0.956. The van der Waals surface area contributed by atoms with Crippen LogP contribution in [0.2, 0.25) is 0 Å². The summed E-state index contributed by atoms with van der Waals surface area (Å²) in [4.78, 5) is 15.9. The maximum Gasteiger partial charge on any atom is 0.341 e. The van der Waals surface area contributed by atoms with Gasteiger partial charge in [0.25, 0.3) is 0 Å². The predicted molar refractivity (Wildman–Crippen MR) is 73.9 cm³/mol. The molecule has 0 amide bonds. The van der Waals surface area contributed by atoms with Crippen molar-refractivity contribution in [3.05, 3.63) is 53.7 Å². The average Bonchev–Trinajstić information content (AvgIpc) is 2.90. The van der Waals surface area contributed by atoms with Crippen molar-refractivity contribution in [3.8, 4) is 5.75 Å². The third kappa shape index (κ3) is 2.18. The van der Waals surface area contributed by atoms with Crippen LogP contribution in [0.1, 0.15) is 22.0 Å². The van der Waals surface area contributed by atoms with Crippen LogP contribution in [0, 0.1) is 0 Å². The molecule has 1 atom stereocenters. The number of esters is 1. The Hall–Kier alpha value is -2.56. The van der Waals surface area contributed by atoms with Crippen LogP contribution in [-0.2, 0) is 4.74 Å². The first-order chi connectivity index (χ1) is 9.79. The number of benzene rings is 1. The second-order valence-electron chi connectivity index (χ2n) is 4.44. The first-order valence-corrected chi connectivity index (χ1v) is 6.31. The highest BCUT2D eigenvalue weighted by molar-refractivity contribution is 5.94. The van der Waals surface area contributed by atoms with E-state index in [-0.39, 0.29) is 6.04 Å². The number of pyridine rings is 1. The SMILES string of the molecule is COC(=O)c1cccnc1NC1COc2ccccc21. The van der Waals surface area contributed by atoms with Gasteiger partial charge in [0, 0.05) is 11.8 Å². The van der Waals surface area contributed by atoms with Crippen LogP contribution in [-0.4, -0.2) is 24.7 Å². The highest BCUT2D eigenvalue weighted by Crippen LogP contribution is 2.34. The number of para-hydroxylation sites is 1. The molecule has 1 N–H and O–H groups in total. The second-order valence-corrected chi connectivity index (χ2v) is 4.44. The quantitative estimate of drug-likeness (QED) is 0.868. The molecule has 5 heteroatoms. The molecule has 1 unspecified atom stereocenters. The van der Waals surface area contributed by atoms with Gasteiger partial charge in [-0.15, -0.1) is 0 Å². The van der Waals surface area contributed by atoms with E-state index in [0.717, 1.165) is 11.3 Å². The van der Waals surface area contributed by atoms with Crippen LogP contribution >= 0.6 is 0 Å². The largest absolute Gasteiger partial charge is 0.491 e. The van der Waals surface area contributed by atoms with E-state index in [9.17, 15) is 4.79 Å². The Morgan fingerprint density at radius 3 is 3.05 bits per heavy atom. The van der Waals surface area contributed by atoms with Crippen molar-refractivity contribution in [2.24, 2.45) is 0 Å². The molecule has 0 aliphatic carbocycles. The molecular weight excluding hydrogens is 256 g/mol. The first-order valence-electron chi connectivity index (χ1n) is 6.31. The molecule has 0 saturated carbocycles. The molecule has 0 spiro atoms. The zero-order valence-electron chi connectivity index (χ0n) is 11.0. The average molecular weight is 270 g/mol. The number of anilines is 1. The lowest BCUT2D eigenvalue weighted by Gasteiger charge is -2.14. The van der Waals surface area contributed by atoms with Crippen molar-refractivity contribution in [1.82, 2.24) is 4.98 Å². The molecule has 0 fully saturated rings. The van der Waals surface area contributed by atoms with Crippen LogP contribution in [0.15, 0.2) is 42.6 Å². The van der Waals surface area contributed by atoms with E-state index in [2.05, 4.69) is 10.3 Å². The fourth-order valence-electron chi connectivity index (χ4n) is 2.24. The van der Waals surface area contributed by atoms with Crippen molar-refractivity contribution in [2.45, 2.75) is 6.04 Å². The zero-order valence-corrected chi connectivity index (χ0v) is 11.0. The smallest absolute Gasteiger partial charge is 0.341 e. The molecule has 0 radical (unpaired) electrons. The minimum absolute atomic E-state index is 0.0236. The summed E-state index contributed by atoms with van der Waals surface area (Å²) in [5.41, 5.74) is 1.48. The Kier molecular flexibility index (Phi) is 3.25. The molecule has 0 saturated heterocycles. The molecule has 2 aromatic rings. The minimum Gasteiger partial charge on any atom is -0.491 e. The summed E-state index contributed by atoms with van der Waals surface area (Å²) >= 11 is 0. The number of rotatable bonds is 3. The van der Waals surface area contributed by atoms with Gasteiger partial charge in [0.15, 0.2) is 0 Å². The second kappa shape index (κ2) is 5.21. The highest BCUT2D eigenvalue weighted by atomic mass is 16.5. The lowest BCUT2D eigenvalue weighted by molar-refractivity contribution is 0.0601. The van der Waals surface area contributed by atoms with Gasteiger partial charge in [-0.2, -0.15) is 0 Å². The molecule has 2 heterocycles. The van der Waals surface area contributed by atoms with Crippen molar-refractivity contribution in [2.75, 3.05) is 19.0 Å². The zero-order chi connectivity index (χ0) is 13.9. The van der Waals surface area contributed by atoms with E-state index in [1.807, 2.05) is 24.3 Å². The number of aromatic nitrogens is 1. The van der Waals surface area contributed by atoms with Crippen molar-refractivity contribution in [3.63, 3.8) is 0 Å². The third-order valence-corrected chi connectivity index (χ3v) is 3.22. The standard InChI is InChI=1S/C15H14N2O3/c1-19-15(18)11-6-4-8-16-14(11)17-12-9-20-13-7-3-2-5-10(12)13/h2-8,12H,9H2,1H3,(H,16,17). The fraction of sp³-hybridized carbons (Fsp3) is 0.200. The number of nitrogens with one attached hydrogen (secondary N) is 1. The lowest BCUT2D eigenvalue weighted by atomic mass is 10.1. The van der Waals surface area contributed by atoms with Crippen LogP contribution < -0.4 is 10.1 Å². The predicted octanol–water partition coefficient (Wildman–Crippen LogP) is 2.41. The van der Waals surface area contributed by atoms with Gasteiger partial charge in [0.05, 0.1) is 13.2 Å². The maximum absolute atomic E-state index is 11.7. The van der Waals surface area contributed by atoms with E-state index < -0.39 is 5.97 Å².